The Morgan fingerprint density at radius 3 is 2.12 bits per heavy atom. The van der Waals surface area contributed by atoms with Gasteiger partial charge in [-0.2, -0.15) is 0 Å². The van der Waals surface area contributed by atoms with Gasteiger partial charge in [-0.25, -0.2) is 0 Å². The van der Waals surface area contributed by atoms with E-state index in [9.17, 15) is 0 Å². The SMILES string of the molecule is CC1=C(/C=C/C(C)=C/C=C/C(C)=C/C=C/CC(C)CC/C=C(/C)CCC2=C(C)CCCC2(C)C)C(C)(C)CCC1. The van der Waals surface area contributed by atoms with Crippen molar-refractivity contribution >= 4 is 0 Å². The highest BCUT2D eigenvalue weighted by Gasteiger charge is 2.28. The van der Waals surface area contributed by atoms with Crippen LogP contribution in [0.5, 0.6) is 0 Å². The quantitative estimate of drug-likeness (QED) is 0.160. The summed E-state index contributed by atoms with van der Waals surface area (Å²) in [7, 11) is 0. The van der Waals surface area contributed by atoms with Gasteiger partial charge in [-0.05, 0) is 128 Å². The molecule has 2 aliphatic carbocycles. The predicted molar refractivity (Wildman–Crippen MR) is 182 cm³/mol. The van der Waals surface area contributed by atoms with E-state index in [1.807, 2.05) is 0 Å². The molecule has 0 heteroatoms. The first-order chi connectivity index (χ1) is 18.8. The predicted octanol–water partition coefficient (Wildman–Crippen LogP) is 13.1. The molecule has 1 unspecified atom stereocenters. The van der Waals surface area contributed by atoms with Gasteiger partial charge in [-0.15, -0.1) is 0 Å². The summed E-state index contributed by atoms with van der Waals surface area (Å²) in [5.41, 5.74) is 11.3. The summed E-state index contributed by atoms with van der Waals surface area (Å²) in [5, 5.41) is 0. The first-order valence-corrected chi connectivity index (χ1v) is 16.2. The smallest absolute Gasteiger partial charge is 0.0104 e. The highest BCUT2D eigenvalue weighted by atomic mass is 14.3. The second-order valence-electron chi connectivity index (χ2n) is 14.3. The molecule has 0 aromatic heterocycles. The standard InChI is InChI=1S/C40H62/c1-31(19-13-21-33(3)25-27-37-35(5)23-15-29-39(37,7)8)17-11-12-18-32(2)20-14-22-34(4)26-28-38-36(6)24-16-30-40(38,9)10/h11-13,17,19,21-22,25,27,32H,14-16,18,20,23-24,26,28-30H2,1-10H3/b12-11+,19-13+,27-25+,31-17+,33-21+,34-22-. The molecule has 0 N–H and O–H groups in total. The van der Waals surface area contributed by atoms with Crippen molar-refractivity contribution in [1.82, 2.24) is 0 Å². The number of hydrogen-bond acceptors (Lipinski definition) is 0. The van der Waals surface area contributed by atoms with Crippen LogP contribution in [0.15, 0.2) is 93.7 Å². The van der Waals surface area contributed by atoms with Gasteiger partial charge >= 0.3 is 0 Å². The van der Waals surface area contributed by atoms with Crippen molar-refractivity contribution in [1.29, 1.82) is 0 Å². The van der Waals surface area contributed by atoms with Crippen LogP contribution >= 0.6 is 0 Å². The van der Waals surface area contributed by atoms with E-state index in [2.05, 4.69) is 124 Å². The van der Waals surface area contributed by atoms with Crippen molar-refractivity contribution in [3.63, 3.8) is 0 Å². The molecular weight excluding hydrogens is 480 g/mol. The van der Waals surface area contributed by atoms with Crippen LogP contribution in [0, 0.1) is 16.7 Å². The van der Waals surface area contributed by atoms with Crippen LogP contribution in [0.25, 0.3) is 0 Å². The first-order valence-electron chi connectivity index (χ1n) is 16.2. The average molecular weight is 543 g/mol. The van der Waals surface area contributed by atoms with Crippen molar-refractivity contribution in [2.45, 2.75) is 140 Å². The van der Waals surface area contributed by atoms with E-state index < -0.39 is 0 Å². The minimum atomic E-state index is 0.303. The average Bonchev–Trinajstić information content (AvgIpc) is 2.85. The van der Waals surface area contributed by atoms with Crippen molar-refractivity contribution in [3.8, 4) is 0 Å². The minimum Gasteiger partial charge on any atom is -0.0856 e. The second-order valence-corrected chi connectivity index (χ2v) is 14.3. The Kier molecular flexibility index (Phi) is 14.0. The molecule has 0 nitrogen and oxygen atoms in total. The minimum absolute atomic E-state index is 0.303. The normalized spacial score (nSPS) is 21.9. The second kappa shape index (κ2) is 16.4. The maximum atomic E-state index is 2.50. The van der Waals surface area contributed by atoms with Gasteiger partial charge in [0.1, 0.15) is 0 Å². The molecule has 0 spiro atoms. The van der Waals surface area contributed by atoms with Crippen molar-refractivity contribution < 1.29 is 0 Å². The highest BCUT2D eigenvalue weighted by Crippen LogP contribution is 2.43. The lowest BCUT2D eigenvalue weighted by molar-refractivity contribution is 0.354. The molecule has 0 aliphatic heterocycles. The summed E-state index contributed by atoms with van der Waals surface area (Å²) in [6, 6.07) is 0. The fraction of sp³-hybridized carbons (Fsp3) is 0.600. The largest absolute Gasteiger partial charge is 0.0856 e. The van der Waals surface area contributed by atoms with Crippen molar-refractivity contribution in [2.24, 2.45) is 16.7 Å². The van der Waals surface area contributed by atoms with E-state index in [0.29, 0.717) is 10.8 Å². The topological polar surface area (TPSA) is 0 Å². The molecule has 0 aromatic carbocycles. The first kappa shape index (κ1) is 34.1. The van der Waals surface area contributed by atoms with Crippen LogP contribution in [-0.4, -0.2) is 0 Å². The summed E-state index contributed by atoms with van der Waals surface area (Å²) in [6.45, 7) is 23.4. The zero-order chi connectivity index (χ0) is 29.8. The van der Waals surface area contributed by atoms with Crippen molar-refractivity contribution in [2.75, 3.05) is 0 Å². The van der Waals surface area contributed by atoms with Crippen LogP contribution in [0.4, 0.5) is 0 Å². The Hall–Kier alpha value is -2.08. The van der Waals surface area contributed by atoms with Crippen LogP contribution in [0.1, 0.15) is 140 Å². The fourth-order valence-corrected chi connectivity index (χ4v) is 6.60. The molecule has 40 heavy (non-hydrogen) atoms. The highest BCUT2D eigenvalue weighted by molar-refractivity contribution is 5.37. The van der Waals surface area contributed by atoms with Gasteiger partial charge in [0.2, 0.25) is 0 Å². The van der Waals surface area contributed by atoms with Gasteiger partial charge in [0, 0.05) is 0 Å². The van der Waals surface area contributed by atoms with Crippen LogP contribution < -0.4 is 0 Å². The Morgan fingerprint density at radius 2 is 1.45 bits per heavy atom. The maximum Gasteiger partial charge on any atom is -0.0104 e. The number of hydrogen-bond donors (Lipinski definition) is 0. The monoisotopic (exact) mass is 542 g/mol. The number of allylic oxidation sites excluding steroid dienone is 16. The molecular formula is C40H62. The molecule has 0 heterocycles. The molecule has 2 aliphatic rings. The van der Waals surface area contributed by atoms with Gasteiger partial charge in [-0.3, -0.25) is 0 Å². The van der Waals surface area contributed by atoms with E-state index >= 15 is 0 Å². The third-order valence-electron chi connectivity index (χ3n) is 9.41. The molecule has 222 valence electrons. The van der Waals surface area contributed by atoms with Gasteiger partial charge in [-0.1, -0.05) is 123 Å². The Bertz CT molecular complexity index is 1070. The molecule has 2 rings (SSSR count). The molecule has 0 amide bonds. The molecule has 0 aromatic rings. The van der Waals surface area contributed by atoms with Gasteiger partial charge in [0.05, 0.1) is 0 Å². The maximum absolute atomic E-state index is 2.50. The number of rotatable bonds is 13. The van der Waals surface area contributed by atoms with Crippen LogP contribution in [-0.2, 0) is 0 Å². The van der Waals surface area contributed by atoms with Crippen molar-refractivity contribution in [3.05, 3.63) is 93.7 Å². The zero-order valence-corrected chi connectivity index (χ0v) is 28.1. The zero-order valence-electron chi connectivity index (χ0n) is 28.1. The van der Waals surface area contributed by atoms with Gasteiger partial charge in [0.25, 0.3) is 0 Å². The molecule has 0 saturated carbocycles. The van der Waals surface area contributed by atoms with E-state index in [-0.39, 0.29) is 0 Å². The molecule has 0 radical (unpaired) electrons. The molecule has 0 bridgehead atoms. The molecule has 1 atom stereocenters. The van der Waals surface area contributed by atoms with Crippen LogP contribution in [0.2, 0.25) is 0 Å². The fourth-order valence-electron chi connectivity index (χ4n) is 6.60. The van der Waals surface area contributed by atoms with E-state index in [4.69, 9.17) is 0 Å². The molecule has 0 fully saturated rings. The van der Waals surface area contributed by atoms with E-state index in [1.54, 1.807) is 22.3 Å². The Balaban J connectivity index is 1.73. The third-order valence-corrected chi connectivity index (χ3v) is 9.41. The third kappa shape index (κ3) is 11.8. The summed E-state index contributed by atoms with van der Waals surface area (Å²) in [5.74, 6) is 0.719. The summed E-state index contributed by atoms with van der Waals surface area (Å²) < 4.78 is 0. The Morgan fingerprint density at radius 1 is 0.825 bits per heavy atom. The Labute approximate surface area is 249 Å². The lowest BCUT2D eigenvalue weighted by Gasteiger charge is -2.35. The summed E-state index contributed by atoms with van der Waals surface area (Å²) in [4.78, 5) is 0. The summed E-state index contributed by atoms with van der Waals surface area (Å²) in [6.07, 6.45) is 34.5. The lowest BCUT2D eigenvalue weighted by atomic mass is 9.71. The van der Waals surface area contributed by atoms with Gasteiger partial charge < -0.3 is 0 Å². The van der Waals surface area contributed by atoms with Crippen LogP contribution in [0.3, 0.4) is 0 Å². The summed E-state index contributed by atoms with van der Waals surface area (Å²) >= 11 is 0. The van der Waals surface area contributed by atoms with E-state index in [1.165, 1.54) is 80.9 Å². The molecule has 0 saturated heterocycles. The lowest BCUT2D eigenvalue weighted by Crippen LogP contribution is -2.20. The van der Waals surface area contributed by atoms with Gasteiger partial charge in [0.15, 0.2) is 0 Å². The van der Waals surface area contributed by atoms with E-state index in [0.717, 1.165) is 12.3 Å².